The molecule has 1 saturated carbocycles. The Morgan fingerprint density at radius 2 is 1.80 bits per heavy atom. The molecule has 0 heterocycles. The number of hydrogen-bond donors (Lipinski definition) is 1. The van der Waals surface area contributed by atoms with Gasteiger partial charge in [0, 0.05) is 10.2 Å². The minimum atomic E-state index is -0.840. The summed E-state index contributed by atoms with van der Waals surface area (Å²) >= 11 is 3.52. The number of rotatable bonds is 2. The molecular formula is C16H19BrN2O. The molecule has 3 nitrogen and oxygen atoms in total. The number of aryl methyl sites for hydroxylation is 2. The lowest BCUT2D eigenvalue weighted by Crippen LogP contribution is -2.36. The van der Waals surface area contributed by atoms with Gasteiger partial charge in [0.1, 0.15) is 5.41 Å². The molecule has 2 rings (SSSR count). The number of nitrogens with zero attached hydrogens (tertiary/aromatic N) is 1. The van der Waals surface area contributed by atoms with Gasteiger partial charge in [0.05, 0.1) is 6.07 Å². The average Bonchev–Trinajstić information content (AvgIpc) is 2.45. The molecule has 1 aliphatic rings. The van der Waals surface area contributed by atoms with Gasteiger partial charge in [0.2, 0.25) is 5.91 Å². The van der Waals surface area contributed by atoms with Crippen LogP contribution in [0.4, 0.5) is 5.69 Å². The van der Waals surface area contributed by atoms with Crippen molar-refractivity contribution < 1.29 is 4.79 Å². The Bertz CT molecular complexity index is 545. The molecule has 1 aromatic carbocycles. The number of carbonyl (C=O) groups is 1. The van der Waals surface area contributed by atoms with Crippen LogP contribution in [0.1, 0.15) is 43.2 Å². The summed E-state index contributed by atoms with van der Waals surface area (Å²) < 4.78 is 1.06. The van der Waals surface area contributed by atoms with Crippen molar-refractivity contribution >= 4 is 27.5 Å². The zero-order valence-corrected chi connectivity index (χ0v) is 13.5. The number of nitrogens with one attached hydrogen (secondary N) is 1. The van der Waals surface area contributed by atoms with Crippen LogP contribution in [0.25, 0.3) is 0 Å². The minimum Gasteiger partial charge on any atom is -0.325 e. The smallest absolute Gasteiger partial charge is 0.244 e. The Hall–Kier alpha value is -1.34. The van der Waals surface area contributed by atoms with E-state index in [1.807, 2.05) is 26.0 Å². The summed E-state index contributed by atoms with van der Waals surface area (Å²) in [5, 5.41) is 12.4. The van der Waals surface area contributed by atoms with Crippen LogP contribution in [0.3, 0.4) is 0 Å². The third-order valence-electron chi connectivity index (χ3n) is 4.05. The van der Waals surface area contributed by atoms with Gasteiger partial charge in [-0.05, 0) is 49.9 Å². The summed E-state index contributed by atoms with van der Waals surface area (Å²) in [5.74, 6) is -0.152. The van der Waals surface area contributed by atoms with Crippen LogP contribution in [0, 0.1) is 30.6 Å². The maximum Gasteiger partial charge on any atom is 0.244 e. The molecule has 1 aliphatic carbocycles. The third-order valence-corrected chi connectivity index (χ3v) is 5.30. The summed E-state index contributed by atoms with van der Waals surface area (Å²) in [7, 11) is 0. The second-order valence-corrected chi connectivity index (χ2v) is 6.43. The first-order valence-electron chi connectivity index (χ1n) is 6.98. The second-order valence-electron chi connectivity index (χ2n) is 5.63. The SMILES string of the molecule is Cc1cc(NC(=O)C2(C#N)CCCCC2)cc(C)c1Br. The van der Waals surface area contributed by atoms with Gasteiger partial charge in [-0.25, -0.2) is 0 Å². The lowest BCUT2D eigenvalue weighted by Gasteiger charge is -2.29. The Morgan fingerprint density at radius 3 is 2.30 bits per heavy atom. The van der Waals surface area contributed by atoms with Crippen LogP contribution in [-0.2, 0) is 4.79 Å². The number of anilines is 1. The van der Waals surface area contributed by atoms with Crippen LogP contribution in [0.2, 0.25) is 0 Å². The molecular weight excluding hydrogens is 316 g/mol. The summed E-state index contributed by atoms with van der Waals surface area (Å²) in [6, 6.07) is 6.12. The van der Waals surface area contributed by atoms with Gasteiger partial charge in [-0.3, -0.25) is 4.79 Å². The van der Waals surface area contributed by atoms with E-state index < -0.39 is 5.41 Å². The molecule has 1 N–H and O–H groups in total. The fourth-order valence-electron chi connectivity index (χ4n) is 2.81. The van der Waals surface area contributed by atoms with Gasteiger partial charge >= 0.3 is 0 Å². The van der Waals surface area contributed by atoms with Crippen molar-refractivity contribution in [2.75, 3.05) is 5.32 Å². The Balaban J connectivity index is 2.21. The molecule has 106 valence electrons. The number of hydrogen-bond acceptors (Lipinski definition) is 2. The van der Waals surface area contributed by atoms with Crippen molar-refractivity contribution in [3.8, 4) is 6.07 Å². The first kappa shape index (κ1) is 15.1. The first-order valence-corrected chi connectivity index (χ1v) is 7.77. The van der Waals surface area contributed by atoms with Crippen LogP contribution in [0.15, 0.2) is 16.6 Å². The summed E-state index contributed by atoms with van der Waals surface area (Å²) in [6.07, 6.45) is 4.37. The fraction of sp³-hybridized carbons (Fsp3) is 0.500. The predicted molar refractivity (Wildman–Crippen MR) is 83.4 cm³/mol. The van der Waals surface area contributed by atoms with Crippen molar-refractivity contribution in [2.24, 2.45) is 5.41 Å². The highest BCUT2D eigenvalue weighted by Gasteiger charge is 2.39. The second kappa shape index (κ2) is 5.97. The van der Waals surface area contributed by atoms with Gasteiger partial charge in [-0.1, -0.05) is 35.2 Å². The molecule has 0 spiro atoms. The average molecular weight is 335 g/mol. The normalized spacial score (nSPS) is 17.3. The maximum absolute atomic E-state index is 12.5. The molecule has 0 saturated heterocycles. The van der Waals surface area contributed by atoms with Gasteiger partial charge in [0.15, 0.2) is 0 Å². The zero-order valence-electron chi connectivity index (χ0n) is 11.9. The number of nitriles is 1. The highest BCUT2D eigenvalue weighted by molar-refractivity contribution is 9.10. The molecule has 1 amide bonds. The zero-order chi connectivity index (χ0) is 14.8. The summed E-state index contributed by atoms with van der Waals surface area (Å²) in [4.78, 5) is 12.5. The van der Waals surface area contributed by atoms with E-state index in [0.29, 0.717) is 12.8 Å². The monoisotopic (exact) mass is 334 g/mol. The van der Waals surface area contributed by atoms with E-state index in [-0.39, 0.29) is 5.91 Å². The highest BCUT2D eigenvalue weighted by Crippen LogP contribution is 2.37. The Labute approximate surface area is 128 Å². The maximum atomic E-state index is 12.5. The van der Waals surface area contributed by atoms with Crippen LogP contribution in [0.5, 0.6) is 0 Å². The minimum absolute atomic E-state index is 0.152. The van der Waals surface area contributed by atoms with E-state index in [1.54, 1.807) is 0 Å². The molecule has 1 fully saturated rings. The molecule has 0 atom stereocenters. The standard InChI is InChI=1S/C16H19BrN2O/c1-11-8-13(9-12(2)14(11)17)19-15(20)16(10-18)6-4-3-5-7-16/h8-9H,3-7H2,1-2H3,(H,19,20). The first-order chi connectivity index (χ1) is 9.48. The van der Waals surface area contributed by atoms with Gasteiger partial charge in [-0.15, -0.1) is 0 Å². The topological polar surface area (TPSA) is 52.9 Å². The van der Waals surface area contributed by atoms with Crippen molar-refractivity contribution in [2.45, 2.75) is 46.0 Å². The van der Waals surface area contributed by atoms with Crippen LogP contribution >= 0.6 is 15.9 Å². The van der Waals surface area contributed by atoms with Crippen molar-refractivity contribution in [3.05, 3.63) is 27.7 Å². The van der Waals surface area contributed by atoms with Gasteiger partial charge in [0.25, 0.3) is 0 Å². The van der Waals surface area contributed by atoms with Gasteiger partial charge < -0.3 is 5.32 Å². The molecule has 0 radical (unpaired) electrons. The van der Waals surface area contributed by atoms with Crippen molar-refractivity contribution in [3.63, 3.8) is 0 Å². The van der Waals surface area contributed by atoms with Crippen molar-refractivity contribution in [1.29, 1.82) is 5.26 Å². The quantitative estimate of drug-likeness (QED) is 0.866. The largest absolute Gasteiger partial charge is 0.325 e. The Morgan fingerprint density at radius 1 is 1.25 bits per heavy atom. The van der Waals surface area contributed by atoms with E-state index in [1.165, 1.54) is 0 Å². The summed E-state index contributed by atoms with van der Waals surface area (Å²) in [5.41, 5.74) is 2.09. The molecule has 20 heavy (non-hydrogen) atoms. The molecule has 0 aliphatic heterocycles. The number of carbonyl (C=O) groups excluding carboxylic acids is 1. The van der Waals surface area contributed by atoms with E-state index in [0.717, 1.165) is 40.5 Å². The number of benzene rings is 1. The van der Waals surface area contributed by atoms with E-state index in [2.05, 4.69) is 27.3 Å². The van der Waals surface area contributed by atoms with Crippen LogP contribution < -0.4 is 5.32 Å². The molecule has 0 aromatic heterocycles. The lowest BCUT2D eigenvalue weighted by atomic mass is 9.74. The highest BCUT2D eigenvalue weighted by atomic mass is 79.9. The van der Waals surface area contributed by atoms with Crippen molar-refractivity contribution in [1.82, 2.24) is 0 Å². The molecule has 4 heteroatoms. The lowest BCUT2D eigenvalue weighted by molar-refractivity contribution is -0.124. The molecule has 0 bridgehead atoms. The summed E-state index contributed by atoms with van der Waals surface area (Å²) in [6.45, 7) is 3.99. The molecule has 1 aromatic rings. The Kier molecular flexibility index (Phi) is 4.49. The third kappa shape index (κ3) is 2.88. The van der Waals surface area contributed by atoms with Crippen LogP contribution in [-0.4, -0.2) is 5.91 Å². The van der Waals surface area contributed by atoms with E-state index >= 15 is 0 Å². The van der Waals surface area contributed by atoms with E-state index in [4.69, 9.17) is 0 Å². The van der Waals surface area contributed by atoms with E-state index in [9.17, 15) is 10.1 Å². The van der Waals surface area contributed by atoms with Gasteiger partial charge in [-0.2, -0.15) is 5.26 Å². The fourth-order valence-corrected chi connectivity index (χ4v) is 3.04. The number of halogens is 1. The number of amides is 1. The predicted octanol–water partition coefficient (Wildman–Crippen LogP) is 4.48. The molecule has 0 unspecified atom stereocenters.